The molecule has 2 atom stereocenters. The zero-order valence-electron chi connectivity index (χ0n) is 16.9. The van der Waals surface area contributed by atoms with E-state index in [1.165, 1.54) is 0 Å². The van der Waals surface area contributed by atoms with E-state index in [1.54, 1.807) is 4.90 Å². The molecule has 2 heterocycles. The maximum Gasteiger partial charge on any atom is 0.325 e. The maximum atomic E-state index is 13.1. The Morgan fingerprint density at radius 3 is 2.83 bits per heavy atom. The molecule has 3 aliphatic rings. The summed E-state index contributed by atoms with van der Waals surface area (Å²) in [5.74, 6) is 0.905. The summed E-state index contributed by atoms with van der Waals surface area (Å²) in [5, 5.41) is 2.90. The summed E-state index contributed by atoms with van der Waals surface area (Å²) in [7, 11) is 0. The fourth-order valence-corrected chi connectivity index (χ4v) is 4.51. The molecule has 156 valence electrons. The van der Waals surface area contributed by atoms with Crippen LogP contribution in [0.2, 0.25) is 0 Å². The third-order valence-electron chi connectivity index (χ3n) is 6.34. The quantitative estimate of drug-likeness (QED) is 0.765. The van der Waals surface area contributed by atoms with Gasteiger partial charge in [-0.3, -0.25) is 14.5 Å². The standard InChI is InChI=1S/C21H27N3O5/c1-3-23(11-15-7-8-16-17(10-15)29-13-28-16)18(25)12-24-19(26)21(22-20(24)27)9-5-4-6-14(21)2/h7-8,10,14H,3-6,9,11-13H2,1-2H3,(H,22,27)/t14-,21+/m0/s1. The van der Waals surface area contributed by atoms with Gasteiger partial charge >= 0.3 is 6.03 Å². The Bertz CT molecular complexity index is 842. The van der Waals surface area contributed by atoms with E-state index in [2.05, 4.69) is 5.32 Å². The van der Waals surface area contributed by atoms with Crippen LogP contribution >= 0.6 is 0 Å². The van der Waals surface area contributed by atoms with Gasteiger partial charge in [0.2, 0.25) is 12.7 Å². The number of likely N-dealkylation sites (N-methyl/N-ethyl adjacent to an activating group) is 1. The lowest BCUT2D eigenvalue weighted by molar-refractivity contribution is -0.140. The number of rotatable bonds is 5. The van der Waals surface area contributed by atoms with E-state index in [0.717, 1.165) is 29.7 Å². The minimum absolute atomic E-state index is 0.0729. The average molecular weight is 401 g/mol. The van der Waals surface area contributed by atoms with Crippen LogP contribution in [-0.2, 0) is 16.1 Å². The number of hydrogen-bond acceptors (Lipinski definition) is 5. The first-order valence-corrected chi connectivity index (χ1v) is 10.2. The van der Waals surface area contributed by atoms with Gasteiger partial charge in [-0.15, -0.1) is 0 Å². The van der Waals surface area contributed by atoms with Crippen molar-refractivity contribution >= 4 is 17.8 Å². The third kappa shape index (κ3) is 3.41. The largest absolute Gasteiger partial charge is 0.454 e. The van der Waals surface area contributed by atoms with E-state index in [1.807, 2.05) is 32.0 Å². The molecular weight excluding hydrogens is 374 g/mol. The molecule has 8 nitrogen and oxygen atoms in total. The van der Waals surface area contributed by atoms with Crippen molar-refractivity contribution in [3.05, 3.63) is 23.8 Å². The minimum Gasteiger partial charge on any atom is -0.454 e. The van der Waals surface area contributed by atoms with Crippen LogP contribution in [0.3, 0.4) is 0 Å². The molecule has 4 amide bonds. The summed E-state index contributed by atoms with van der Waals surface area (Å²) >= 11 is 0. The van der Waals surface area contributed by atoms with Crippen molar-refractivity contribution in [1.29, 1.82) is 0 Å². The SMILES string of the molecule is CCN(Cc1ccc2c(c1)OCO2)C(=O)CN1C(=O)N[C@@]2(CCCC[C@@H]2C)C1=O. The van der Waals surface area contributed by atoms with E-state index in [0.29, 0.717) is 31.0 Å². The summed E-state index contributed by atoms with van der Waals surface area (Å²) in [6, 6.07) is 5.10. The van der Waals surface area contributed by atoms with Crippen molar-refractivity contribution < 1.29 is 23.9 Å². The first kappa shape index (κ1) is 19.5. The number of carbonyl (C=O) groups excluding carboxylic acids is 3. The molecule has 2 aliphatic heterocycles. The molecule has 8 heteroatoms. The zero-order chi connectivity index (χ0) is 20.6. The Balaban J connectivity index is 1.44. The van der Waals surface area contributed by atoms with Gasteiger partial charge in [-0.1, -0.05) is 25.8 Å². The molecule has 0 unspecified atom stereocenters. The molecule has 1 spiro atoms. The number of hydrogen-bond donors (Lipinski definition) is 1. The van der Waals surface area contributed by atoms with Crippen LogP contribution in [-0.4, -0.2) is 53.1 Å². The molecular formula is C21H27N3O5. The van der Waals surface area contributed by atoms with E-state index < -0.39 is 11.6 Å². The Kier molecular flexibility index (Phi) is 5.10. The van der Waals surface area contributed by atoms with Gasteiger partial charge in [-0.05, 0) is 43.4 Å². The van der Waals surface area contributed by atoms with Crippen LogP contribution in [0.5, 0.6) is 11.5 Å². The summed E-state index contributed by atoms with van der Waals surface area (Å²) in [4.78, 5) is 41.2. The zero-order valence-corrected chi connectivity index (χ0v) is 16.9. The summed E-state index contributed by atoms with van der Waals surface area (Å²) in [5.41, 5.74) is 0.0586. The number of ether oxygens (including phenoxy) is 2. The van der Waals surface area contributed by atoms with Gasteiger partial charge in [-0.2, -0.15) is 0 Å². The van der Waals surface area contributed by atoms with Gasteiger partial charge in [0.1, 0.15) is 12.1 Å². The second kappa shape index (κ2) is 7.57. The predicted octanol–water partition coefficient (Wildman–Crippen LogP) is 2.26. The molecule has 29 heavy (non-hydrogen) atoms. The summed E-state index contributed by atoms with van der Waals surface area (Å²) in [6.07, 6.45) is 3.50. The predicted molar refractivity (Wildman–Crippen MR) is 104 cm³/mol. The second-order valence-electron chi connectivity index (χ2n) is 8.04. The third-order valence-corrected chi connectivity index (χ3v) is 6.34. The second-order valence-corrected chi connectivity index (χ2v) is 8.04. The molecule has 1 aromatic carbocycles. The maximum absolute atomic E-state index is 13.1. The average Bonchev–Trinajstić information content (AvgIpc) is 3.27. The molecule has 1 aromatic rings. The van der Waals surface area contributed by atoms with Crippen LogP contribution in [0.1, 0.15) is 45.1 Å². The molecule has 1 saturated heterocycles. The number of imide groups is 1. The first-order chi connectivity index (χ1) is 13.9. The number of nitrogens with one attached hydrogen (secondary N) is 1. The molecule has 1 N–H and O–H groups in total. The molecule has 2 fully saturated rings. The van der Waals surface area contributed by atoms with Crippen LogP contribution < -0.4 is 14.8 Å². The lowest BCUT2D eigenvalue weighted by Crippen LogP contribution is -2.54. The molecule has 1 saturated carbocycles. The van der Waals surface area contributed by atoms with Gasteiger partial charge in [0.05, 0.1) is 0 Å². The topological polar surface area (TPSA) is 88.2 Å². The van der Waals surface area contributed by atoms with E-state index >= 15 is 0 Å². The Labute approximate surface area is 170 Å². The molecule has 0 radical (unpaired) electrons. The van der Waals surface area contributed by atoms with E-state index in [9.17, 15) is 14.4 Å². The van der Waals surface area contributed by atoms with Crippen LogP contribution in [0, 0.1) is 5.92 Å². The first-order valence-electron chi connectivity index (χ1n) is 10.2. The monoisotopic (exact) mass is 401 g/mol. The Morgan fingerprint density at radius 2 is 2.07 bits per heavy atom. The van der Waals surface area contributed by atoms with Gasteiger partial charge in [0, 0.05) is 13.1 Å². The smallest absolute Gasteiger partial charge is 0.325 e. The van der Waals surface area contributed by atoms with Gasteiger partial charge < -0.3 is 19.7 Å². The number of amides is 4. The van der Waals surface area contributed by atoms with Crippen molar-refractivity contribution in [3.63, 3.8) is 0 Å². The van der Waals surface area contributed by atoms with Gasteiger partial charge in [0.15, 0.2) is 11.5 Å². The lowest BCUT2D eigenvalue weighted by atomic mass is 9.73. The molecule has 0 bridgehead atoms. The van der Waals surface area contributed by atoms with E-state index in [-0.39, 0.29) is 31.1 Å². The Morgan fingerprint density at radius 1 is 1.28 bits per heavy atom. The van der Waals surface area contributed by atoms with Crippen molar-refractivity contribution in [2.45, 2.75) is 51.6 Å². The van der Waals surface area contributed by atoms with Crippen molar-refractivity contribution in [1.82, 2.24) is 15.1 Å². The fraction of sp³-hybridized carbons (Fsp3) is 0.571. The highest BCUT2D eigenvalue weighted by atomic mass is 16.7. The number of urea groups is 1. The van der Waals surface area contributed by atoms with Crippen LogP contribution in [0.15, 0.2) is 18.2 Å². The normalized spacial score (nSPS) is 25.4. The number of carbonyl (C=O) groups is 3. The molecule has 4 rings (SSSR count). The van der Waals surface area contributed by atoms with Crippen molar-refractivity contribution in [3.8, 4) is 11.5 Å². The number of fused-ring (bicyclic) bond motifs is 1. The Hall–Kier alpha value is -2.77. The summed E-state index contributed by atoms with van der Waals surface area (Å²) in [6.45, 7) is 4.68. The fourth-order valence-electron chi connectivity index (χ4n) is 4.51. The molecule has 0 aromatic heterocycles. The van der Waals surface area contributed by atoms with E-state index in [4.69, 9.17) is 9.47 Å². The molecule has 1 aliphatic carbocycles. The highest BCUT2D eigenvalue weighted by Gasteiger charge is 2.55. The highest BCUT2D eigenvalue weighted by Crippen LogP contribution is 2.38. The lowest BCUT2D eigenvalue weighted by Gasteiger charge is -2.36. The van der Waals surface area contributed by atoms with Crippen molar-refractivity contribution in [2.24, 2.45) is 5.92 Å². The highest BCUT2D eigenvalue weighted by molar-refractivity contribution is 6.09. The number of benzene rings is 1. The van der Waals surface area contributed by atoms with Gasteiger partial charge in [-0.25, -0.2) is 4.79 Å². The van der Waals surface area contributed by atoms with Crippen molar-refractivity contribution in [2.75, 3.05) is 19.9 Å². The van der Waals surface area contributed by atoms with Crippen LogP contribution in [0.25, 0.3) is 0 Å². The minimum atomic E-state index is -0.843. The van der Waals surface area contributed by atoms with Gasteiger partial charge in [0.25, 0.3) is 5.91 Å². The summed E-state index contributed by atoms with van der Waals surface area (Å²) < 4.78 is 10.7. The van der Waals surface area contributed by atoms with Crippen LogP contribution in [0.4, 0.5) is 4.79 Å². The number of nitrogens with zero attached hydrogens (tertiary/aromatic N) is 2.